The van der Waals surface area contributed by atoms with Gasteiger partial charge in [-0.15, -0.1) is 0 Å². The van der Waals surface area contributed by atoms with Gasteiger partial charge in [0.25, 0.3) is 0 Å². The zero-order valence-corrected chi connectivity index (χ0v) is 16.1. The number of carbonyl (C=O) groups is 1. The number of halogens is 2. The lowest BCUT2D eigenvalue weighted by Gasteiger charge is -2.28. The zero-order valence-electron chi connectivity index (χ0n) is 14.6. The number of nitrogens with zero attached hydrogens (tertiary/aromatic N) is 2. The van der Waals surface area contributed by atoms with Crippen molar-refractivity contribution in [3.05, 3.63) is 40.6 Å². The second kappa shape index (κ2) is 7.50. The van der Waals surface area contributed by atoms with Gasteiger partial charge in [0, 0.05) is 28.4 Å². The van der Waals surface area contributed by atoms with Crippen LogP contribution in [-0.4, -0.2) is 23.2 Å². The summed E-state index contributed by atoms with van der Waals surface area (Å²) in [7, 11) is 0. The van der Waals surface area contributed by atoms with Crippen LogP contribution in [0.1, 0.15) is 27.7 Å². The van der Waals surface area contributed by atoms with Crippen molar-refractivity contribution in [3.63, 3.8) is 0 Å². The largest absolute Gasteiger partial charge is 0.443 e. The van der Waals surface area contributed by atoms with Gasteiger partial charge in [-0.05, 0) is 45.9 Å². The maximum absolute atomic E-state index is 12.6. The van der Waals surface area contributed by atoms with Crippen molar-refractivity contribution in [2.45, 2.75) is 33.3 Å². The maximum atomic E-state index is 12.6. The van der Waals surface area contributed by atoms with Crippen molar-refractivity contribution in [3.8, 4) is 11.1 Å². The summed E-state index contributed by atoms with van der Waals surface area (Å²) in [6.45, 7) is 7.71. The number of nitrogen functional groups attached to an aromatic ring is 1. The smallest absolute Gasteiger partial charge is 0.414 e. The molecule has 0 aliphatic rings. The van der Waals surface area contributed by atoms with Gasteiger partial charge in [0.15, 0.2) is 0 Å². The van der Waals surface area contributed by atoms with Crippen LogP contribution in [0.25, 0.3) is 11.1 Å². The highest BCUT2D eigenvalue weighted by molar-refractivity contribution is 6.31. The lowest BCUT2D eigenvalue weighted by molar-refractivity contribution is 0.0582. The van der Waals surface area contributed by atoms with Crippen molar-refractivity contribution in [1.82, 2.24) is 4.98 Å². The lowest BCUT2D eigenvalue weighted by Crippen LogP contribution is -2.37. The van der Waals surface area contributed by atoms with E-state index < -0.39 is 11.7 Å². The minimum absolute atomic E-state index is 0.299. The Morgan fingerprint density at radius 1 is 1.24 bits per heavy atom. The summed E-state index contributed by atoms with van der Waals surface area (Å²) in [6.07, 6.45) is 1.08. The second-order valence-corrected chi connectivity index (χ2v) is 7.30. The van der Waals surface area contributed by atoms with Crippen LogP contribution in [-0.2, 0) is 4.74 Å². The third-order valence-corrected chi connectivity index (χ3v) is 3.82. The van der Waals surface area contributed by atoms with Crippen LogP contribution in [0.15, 0.2) is 30.5 Å². The Bertz CT molecular complexity index is 788. The average molecular weight is 382 g/mol. The first-order chi connectivity index (χ1) is 11.6. The van der Waals surface area contributed by atoms with Crippen LogP contribution in [0, 0.1) is 0 Å². The van der Waals surface area contributed by atoms with E-state index in [-0.39, 0.29) is 0 Å². The molecular weight excluding hydrogens is 361 g/mol. The average Bonchev–Trinajstić information content (AvgIpc) is 2.47. The molecule has 0 atom stereocenters. The van der Waals surface area contributed by atoms with Crippen LogP contribution in [0.4, 0.5) is 16.2 Å². The number of pyridine rings is 1. The van der Waals surface area contributed by atoms with Crippen molar-refractivity contribution >= 4 is 40.7 Å². The number of anilines is 2. The molecule has 0 saturated carbocycles. The molecule has 0 fully saturated rings. The molecule has 1 amide bonds. The van der Waals surface area contributed by atoms with Gasteiger partial charge in [0.2, 0.25) is 0 Å². The molecule has 0 aliphatic heterocycles. The Balaban J connectivity index is 2.55. The molecule has 0 saturated heterocycles. The van der Waals surface area contributed by atoms with Gasteiger partial charge in [0.05, 0.1) is 11.9 Å². The van der Waals surface area contributed by atoms with Gasteiger partial charge in [-0.2, -0.15) is 0 Å². The van der Waals surface area contributed by atoms with E-state index in [1.54, 1.807) is 30.5 Å². The fraction of sp³-hybridized carbons (Fsp3) is 0.333. The Morgan fingerprint density at radius 2 is 1.92 bits per heavy atom. The highest BCUT2D eigenvalue weighted by Crippen LogP contribution is 2.37. The van der Waals surface area contributed by atoms with Gasteiger partial charge in [-0.3, -0.25) is 4.90 Å². The highest BCUT2D eigenvalue weighted by atomic mass is 35.5. The molecule has 2 N–H and O–H groups in total. The molecule has 0 unspecified atom stereocenters. The topological polar surface area (TPSA) is 68.5 Å². The molecule has 1 heterocycles. The van der Waals surface area contributed by atoms with Crippen molar-refractivity contribution in [1.29, 1.82) is 0 Å². The van der Waals surface area contributed by atoms with E-state index in [1.807, 2.05) is 27.7 Å². The van der Waals surface area contributed by atoms with E-state index in [4.69, 9.17) is 33.7 Å². The number of nitrogens with two attached hydrogens (primary N) is 1. The fourth-order valence-electron chi connectivity index (χ4n) is 2.35. The van der Waals surface area contributed by atoms with Crippen LogP contribution in [0.5, 0.6) is 0 Å². The van der Waals surface area contributed by atoms with Gasteiger partial charge < -0.3 is 10.5 Å². The third-order valence-electron chi connectivity index (χ3n) is 3.37. The van der Waals surface area contributed by atoms with E-state index in [0.717, 1.165) is 0 Å². The van der Waals surface area contributed by atoms with Crippen LogP contribution < -0.4 is 10.6 Å². The molecule has 1 aromatic carbocycles. The van der Waals surface area contributed by atoms with Gasteiger partial charge >= 0.3 is 6.09 Å². The predicted octanol–water partition coefficient (Wildman–Crippen LogP) is 5.40. The van der Waals surface area contributed by atoms with E-state index in [0.29, 0.717) is 39.2 Å². The van der Waals surface area contributed by atoms with Gasteiger partial charge in [-0.1, -0.05) is 29.3 Å². The van der Waals surface area contributed by atoms with E-state index in [1.165, 1.54) is 4.90 Å². The fourth-order valence-corrected chi connectivity index (χ4v) is 2.69. The lowest BCUT2D eigenvalue weighted by atomic mass is 10.0. The van der Waals surface area contributed by atoms with Crippen LogP contribution >= 0.6 is 23.2 Å². The first-order valence-electron chi connectivity index (χ1n) is 7.84. The Morgan fingerprint density at radius 3 is 2.48 bits per heavy atom. The number of amides is 1. The Kier molecular flexibility index (Phi) is 5.80. The molecule has 25 heavy (non-hydrogen) atoms. The van der Waals surface area contributed by atoms with Gasteiger partial charge in [-0.25, -0.2) is 9.78 Å². The minimum atomic E-state index is -0.607. The standard InChI is InChI=1S/C18H21Cl2N3O2/c1-5-23(17(24)25-18(2,3)4)15-10-22-16(20)9-13(15)12-7-6-11(19)8-14(12)21/h6-10H,5,21H2,1-4H3. The summed E-state index contributed by atoms with van der Waals surface area (Å²) in [6, 6.07) is 6.84. The van der Waals surface area contributed by atoms with E-state index in [9.17, 15) is 4.79 Å². The molecule has 1 aromatic heterocycles. The summed E-state index contributed by atoms with van der Waals surface area (Å²) in [4.78, 5) is 18.2. The summed E-state index contributed by atoms with van der Waals surface area (Å²) >= 11 is 12.1. The molecular formula is C18H21Cl2N3O2. The molecule has 0 aliphatic carbocycles. The van der Waals surface area contributed by atoms with Gasteiger partial charge in [0.1, 0.15) is 10.8 Å². The number of carbonyl (C=O) groups excluding carboxylic acids is 1. The number of hydrogen-bond acceptors (Lipinski definition) is 4. The van der Waals surface area contributed by atoms with E-state index >= 15 is 0 Å². The van der Waals surface area contributed by atoms with Crippen LogP contribution in [0.3, 0.4) is 0 Å². The normalized spacial score (nSPS) is 11.3. The molecule has 2 rings (SSSR count). The molecule has 134 valence electrons. The van der Waals surface area contributed by atoms with Crippen LogP contribution in [0.2, 0.25) is 10.2 Å². The number of ether oxygens (including phenoxy) is 1. The van der Waals surface area contributed by atoms with E-state index in [2.05, 4.69) is 4.98 Å². The number of aromatic nitrogens is 1. The minimum Gasteiger partial charge on any atom is -0.443 e. The molecule has 0 spiro atoms. The molecule has 7 heteroatoms. The maximum Gasteiger partial charge on any atom is 0.414 e. The number of benzene rings is 1. The molecule has 2 aromatic rings. The zero-order chi connectivity index (χ0) is 18.8. The summed E-state index contributed by atoms with van der Waals surface area (Å²) < 4.78 is 5.49. The number of hydrogen-bond donors (Lipinski definition) is 1. The summed E-state index contributed by atoms with van der Waals surface area (Å²) in [5, 5.41) is 0.829. The highest BCUT2D eigenvalue weighted by Gasteiger charge is 2.25. The predicted molar refractivity (Wildman–Crippen MR) is 103 cm³/mol. The monoisotopic (exact) mass is 381 g/mol. The second-order valence-electron chi connectivity index (χ2n) is 6.48. The molecule has 5 nitrogen and oxygen atoms in total. The Labute approximate surface area is 157 Å². The quantitative estimate of drug-likeness (QED) is 0.570. The third kappa shape index (κ3) is 4.77. The first-order valence-corrected chi connectivity index (χ1v) is 8.59. The number of rotatable bonds is 3. The van der Waals surface area contributed by atoms with Crippen molar-refractivity contribution in [2.24, 2.45) is 0 Å². The molecule has 0 radical (unpaired) electrons. The van der Waals surface area contributed by atoms with Crippen molar-refractivity contribution < 1.29 is 9.53 Å². The SMILES string of the molecule is CCN(C(=O)OC(C)(C)C)c1cnc(Cl)cc1-c1ccc(Cl)cc1N. The first kappa shape index (κ1) is 19.3. The van der Waals surface area contributed by atoms with Crippen molar-refractivity contribution in [2.75, 3.05) is 17.2 Å². The summed E-state index contributed by atoms with van der Waals surface area (Å²) in [5.41, 5.74) is 7.95. The Hall–Kier alpha value is -1.98. The molecule has 0 bridgehead atoms. The summed E-state index contributed by atoms with van der Waals surface area (Å²) in [5.74, 6) is 0.